The molecule has 0 fully saturated rings. The summed E-state index contributed by atoms with van der Waals surface area (Å²) in [5.74, 6) is 0. The van der Waals surface area contributed by atoms with Crippen molar-refractivity contribution in [2.45, 2.75) is 19.8 Å². The van der Waals surface area contributed by atoms with Crippen LogP contribution in [0.25, 0.3) is 10.9 Å². The number of rotatable bonds is 2. The maximum absolute atomic E-state index is 11.8. The summed E-state index contributed by atoms with van der Waals surface area (Å²) in [6.07, 6.45) is 1.96. The van der Waals surface area contributed by atoms with Crippen molar-refractivity contribution in [1.82, 2.24) is 4.98 Å². The van der Waals surface area contributed by atoms with E-state index in [1.165, 1.54) is 0 Å². The number of hydrogen-bond donors (Lipinski definition) is 1. The molecule has 0 unspecified atom stereocenters. The van der Waals surface area contributed by atoms with Crippen molar-refractivity contribution < 1.29 is 0 Å². The van der Waals surface area contributed by atoms with Crippen LogP contribution in [0, 0.1) is 0 Å². The number of fused-ring (bicyclic) bond motifs is 1. The highest BCUT2D eigenvalue weighted by atomic mass is 79.9. The number of halogens is 1. The SMILES string of the molecule is CCCc1cc(=O)c2cc(Br)ccc2[nH]1. The molecule has 0 atom stereocenters. The lowest BCUT2D eigenvalue weighted by atomic mass is 10.1. The number of H-pyrrole nitrogens is 1. The van der Waals surface area contributed by atoms with Gasteiger partial charge in [0.1, 0.15) is 0 Å². The number of pyridine rings is 1. The van der Waals surface area contributed by atoms with Gasteiger partial charge in [0, 0.05) is 27.1 Å². The topological polar surface area (TPSA) is 32.9 Å². The van der Waals surface area contributed by atoms with Crippen LogP contribution in [-0.4, -0.2) is 4.98 Å². The van der Waals surface area contributed by atoms with E-state index in [9.17, 15) is 4.79 Å². The van der Waals surface area contributed by atoms with Crippen molar-refractivity contribution in [1.29, 1.82) is 0 Å². The van der Waals surface area contributed by atoms with Crippen LogP contribution in [0.15, 0.2) is 33.5 Å². The van der Waals surface area contributed by atoms with Gasteiger partial charge in [0.15, 0.2) is 5.43 Å². The predicted octanol–water partition coefficient (Wildman–Crippen LogP) is 3.24. The molecule has 15 heavy (non-hydrogen) atoms. The number of benzene rings is 1. The van der Waals surface area contributed by atoms with Crippen molar-refractivity contribution in [3.8, 4) is 0 Å². The fraction of sp³-hybridized carbons (Fsp3) is 0.250. The van der Waals surface area contributed by atoms with Crippen LogP contribution in [0.4, 0.5) is 0 Å². The van der Waals surface area contributed by atoms with Gasteiger partial charge in [-0.1, -0.05) is 29.3 Å². The minimum atomic E-state index is 0.0912. The molecule has 2 rings (SSSR count). The van der Waals surface area contributed by atoms with Crippen molar-refractivity contribution in [2.24, 2.45) is 0 Å². The summed E-state index contributed by atoms with van der Waals surface area (Å²) in [6.45, 7) is 2.10. The summed E-state index contributed by atoms with van der Waals surface area (Å²) >= 11 is 3.36. The summed E-state index contributed by atoms with van der Waals surface area (Å²) in [5.41, 5.74) is 2.01. The molecule has 0 aliphatic heterocycles. The summed E-state index contributed by atoms with van der Waals surface area (Å²) in [6, 6.07) is 7.41. The van der Waals surface area contributed by atoms with E-state index < -0.39 is 0 Å². The van der Waals surface area contributed by atoms with Gasteiger partial charge in [-0.3, -0.25) is 4.79 Å². The van der Waals surface area contributed by atoms with Gasteiger partial charge in [0.2, 0.25) is 0 Å². The van der Waals surface area contributed by atoms with E-state index in [2.05, 4.69) is 27.8 Å². The Morgan fingerprint density at radius 2 is 2.13 bits per heavy atom. The normalized spacial score (nSPS) is 10.8. The van der Waals surface area contributed by atoms with Gasteiger partial charge >= 0.3 is 0 Å². The molecule has 1 N–H and O–H groups in total. The van der Waals surface area contributed by atoms with Crippen molar-refractivity contribution in [2.75, 3.05) is 0 Å². The minimum Gasteiger partial charge on any atom is -0.358 e. The second kappa shape index (κ2) is 4.19. The van der Waals surface area contributed by atoms with Crippen molar-refractivity contribution in [3.05, 3.63) is 44.7 Å². The molecule has 1 aromatic carbocycles. The van der Waals surface area contributed by atoms with E-state index in [0.717, 1.165) is 33.9 Å². The van der Waals surface area contributed by atoms with Gasteiger partial charge in [-0.05, 0) is 24.6 Å². The third-order valence-electron chi connectivity index (χ3n) is 2.37. The molecule has 0 radical (unpaired) electrons. The largest absolute Gasteiger partial charge is 0.358 e. The molecular weight excluding hydrogens is 254 g/mol. The molecule has 0 amide bonds. The van der Waals surface area contributed by atoms with Crippen LogP contribution in [0.2, 0.25) is 0 Å². The van der Waals surface area contributed by atoms with Gasteiger partial charge in [-0.25, -0.2) is 0 Å². The van der Waals surface area contributed by atoms with Crippen LogP contribution in [0.1, 0.15) is 19.0 Å². The summed E-state index contributed by atoms with van der Waals surface area (Å²) < 4.78 is 0.934. The Morgan fingerprint density at radius 3 is 2.87 bits per heavy atom. The number of aromatic nitrogens is 1. The third-order valence-corrected chi connectivity index (χ3v) is 2.86. The summed E-state index contributed by atoms with van der Waals surface area (Å²) in [5, 5.41) is 0.740. The smallest absolute Gasteiger partial charge is 0.189 e. The van der Waals surface area contributed by atoms with E-state index in [0.29, 0.717) is 0 Å². The van der Waals surface area contributed by atoms with E-state index in [4.69, 9.17) is 0 Å². The molecule has 1 aromatic heterocycles. The van der Waals surface area contributed by atoms with Gasteiger partial charge < -0.3 is 4.98 Å². The highest BCUT2D eigenvalue weighted by Crippen LogP contribution is 2.16. The van der Waals surface area contributed by atoms with E-state index in [-0.39, 0.29) is 5.43 Å². The van der Waals surface area contributed by atoms with Crippen LogP contribution in [0.3, 0.4) is 0 Å². The number of aryl methyl sites for hydroxylation is 1. The molecule has 0 saturated heterocycles. The number of aromatic amines is 1. The quantitative estimate of drug-likeness (QED) is 0.889. The van der Waals surface area contributed by atoms with E-state index in [1.54, 1.807) is 6.07 Å². The van der Waals surface area contributed by atoms with Crippen molar-refractivity contribution in [3.63, 3.8) is 0 Å². The molecule has 3 heteroatoms. The minimum absolute atomic E-state index is 0.0912. The predicted molar refractivity (Wildman–Crippen MR) is 66.3 cm³/mol. The molecule has 2 nitrogen and oxygen atoms in total. The van der Waals surface area contributed by atoms with Crippen LogP contribution < -0.4 is 5.43 Å². The number of nitrogens with one attached hydrogen (secondary N) is 1. The van der Waals surface area contributed by atoms with Gasteiger partial charge in [0.25, 0.3) is 0 Å². The maximum atomic E-state index is 11.8. The molecule has 0 aliphatic rings. The van der Waals surface area contributed by atoms with Crippen LogP contribution >= 0.6 is 15.9 Å². The van der Waals surface area contributed by atoms with Gasteiger partial charge in [-0.15, -0.1) is 0 Å². The zero-order valence-corrected chi connectivity index (χ0v) is 10.1. The fourth-order valence-corrected chi connectivity index (χ4v) is 2.04. The highest BCUT2D eigenvalue weighted by molar-refractivity contribution is 9.10. The molecule has 0 aliphatic carbocycles. The Kier molecular flexibility index (Phi) is 2.91. The Bertz CT molecular complexity index is 545. The lowest BCUT2D eigenvalue weighted by molar-refractivity contribution is 0.888. The van der Waals surface area contributed by atoms with Crippen LogP contribution in [0.5, 0.6) is 0 Å². The molecule has 1 heterocycles. The second-order valence-electron chi connectivity index (χ2n) is 3.60. The molecular formula is C12H12BrNO. The monoisotopic (exact) mass is 265 g/mol. The van der Waals surface area contributed by atoms with E-state index in [1.807, 2.05) is 18.2 Å². The molecule has 0 saturated carbocycles. The van der Waals surface area contributed by atoms with Crippen molar-refractivity contribution >= 4 is 26.8 Å². The summed E-state index contributed by atoms with van der Waals surface area (Å²) in [4.78, 5) is 15.1. The van der Waals surface area contributed by atoms with Crippen LogP contribution in [-0.2, 0) is 6.42 Å². The van der Waals surface area contributed by atoms with Gasteiger partial charge in [-0.2, -0.15) is 0 Å². The maximum Gasteiger partial charge on any atom is 0.189 e. The average Bonchev–Trinajstić information content (AvgIpc) is 2.20. The fourth-order valence-electron chi connectivity index (χ4n) is 1.68. The Morgan fingerprint density at radius 1 is 1.33 bits per heavy atom. The first-order valence-corrected chi connectivity index (χ1v) is 5.81. The average molecular weight is 266 g/mol. The number of hydrogen-bond acceptors (Lipinski definition) is 1. The lowest BCUT2D eigenvalue weighted by Crippen LogP contribution is -2.04. The first kappa shape index (κ1) is 10.4. The lowest BCUT2D eigenvalue weighted by Gasteiger charge is -2.03. The molecule has 78 valence electrons. The zero-order valence-electron chi connectivity index (χ0n) is 8.51. The van der Waals surface area contributed by atoms with E-state index >= 15 is 0 Å². The molecule has 2 aromatic rings. The Labute approximate surface area is 96.5 Å². The third kappa shape index (κ3) is 2.12. The second-order valence-corrected chi connectivity index (χ2v) is 4.51. The standard InChI is InChI=1S/C12H12BrNO/c1-2-3-9-7-12(15)10-6-8(13)4-5-11(10)14-9/h4-7H,2-3H2,1H3,(H,14,15). The molecule has 0 spiro atoms. The molecule has 0 bridgehead atoms. The zero-order chi connectivity index (χ0) is 10.8. The first-order chi connectivity index (χ1) is 7.20. The van der Waals surface area contributed by atoms with Gasteiger partial charge in [0.05, 0.1) is 0 Å². The Hall–Kier alpha value is -1.09. The summed E-state index contributed by atoms with van der Waals surface area (Å²) in [7, 11) is 0. The highest BCUT2D eigenvalue weighted by Gasteiger charge is 2.01. The Balaban J connectivity index is 2.67. The first-order valence-electron chi connectivity index (χ1n) is 5.02.